The van der Waals surface area contributed by atoms with Crippen LogP contribution < -0.4 is 0 Å². The molecule has 1 aliphatic rings. The standard InChI is InChI=1S/C6H6.C4H4O3.C4H10/c1-2-4-6-5-3-1;5-3-1-2-4(6)7-3;1-3-4-2/h1-6H;1-2H2;3-4H2,1-2H3. The minimum absolute atomic E-state index is 0.263. The van der Waals surface area contributed by atoms with Crippen LogP contribution in [0.3, 0.4) is 0 Å². The van der Waals surface area contributed by atoms with Crippen molar-refractivity contribution in [1.82, 2.24) is 0 Å². The van der Waals surface area contributed by atoms with E-state index in [9.17, 15) is 9.59 Å². The van der Waals surface area contributed by atoms with Gasteiger partial charge < -0.3 is 4.74 Å². The fourth-order valence-electron chi connectivity index (χ4n) is 0.818. The van der Waals surface area contributed by atoms with E-state index in [1.54, 1.807) is 0 Å². The molecule has 0 spiro atoms. The Balaban J connectivity index is 0.000000236. The van der Waals surface area contributed by atoms with E-state index in [0.717, 1.165) is 0 Å². The lowest BCUT2D eigenvalue weighted by Gasteiger charge is -1.79. The summed E-state index contributed by atoms with van der Waals surface area (Å²) in [6, 6.07) is 12.0. The third-order valence-electron chi connectivity index (χ3n) is 1.93. The molecule has 1 aromatic carbocycles. The first-order valence-corrected chi connectivity index (χ1v) is 5.94. The van der Waals surface area contributed by atoms with Gasteiger partial charge in [-0.1, -0.05) is 63.1 Å². The summed E-state index contributed by atoms with van der Waals surface area (Å²) in [5.41, 5.74) is 0. The third kappa shape index (κ3) is 10.6. The number of rotatable bonds is 1. The van der Waals surface area contributed by atoms with E-state index in [4.69, 9.17) is 0 Å². The lowest BCUT2D eigenvalue weighted by molar-refractivity contribution is -0.151. The van der Waals surface area contributed by atoms with E-state index in [1.807, 2.05) is 36.4 Å². The predicted octanol–water partition coefficient (Wildman–Crippen LogP) is 3.34. The molecule has 1 aliphatic heterocycles. The average Bonchev–Trinajstić information content (AvgIpc) is 2.76. The van der Waals surface area contributed by atoms with Crippen LogP contribution in [0.4, 0.5) is 0 Å². The number of unbranched alkanes of at least 4 members (excludes halogenated alkanes) is 1. The number of esters is 2. The zero-order valence-corrected chi connectivity index (χ0v) is 10.5. The van der Waals surface area contributed by atoms with Crippen LogP contribution in [0, 0.1) is 0 Å². The molecule has 0 N–H and O–H groups in total. The topological polar surface area (TPSA) is 43.4 Å². The lowest BCUT2D eigenvalue weighted by atomic mass is 10.4. The Morgan fingerprint density at radius 2 is 1.12 bits per heavy atom. The van der Waals surface area contributed by atoms with Gasteiger partial charge in [0.25, 0.3) is 0 Å². The molecule has 1 aromatic rings. The summed E-state index contributed by atoms with van der Waals surface area (Å²) in [5.74, 6) is -0.796. The second kappa shape index (κ2) is 10.9. The summed E-state index contributed by atoms with van der Waals surface area (Å²) in [7, 11) is 0. The van der Waals surface area contributed by atoms with Crippen molar-refractivity contribution in [3.8, 4) is 0 Å². The highest BCUT2D eigenvalue weighted by atomic mass is 16.6. The molecule has 0 bridgehead atoms. The maximum absolute atomic E-state index is 10.0. The minimum atomic E-state index is -0.398. The highest BCUT2D eigenvalue weighted by Crippen LogP contribution is 2.03. The smallest absolute Gasteiger partial charge is 0.314 e. The molecule has 2 rings (SSSR count). The van der Waals surface area contributed by atoms with Gasteiger partial charge >= 0.3 is 11.9 Å². The van der Waals surface area contributed by atoms with Gasteiger partial charge in [0.05, 0.1) is 12.8 Å². The monoisotopic (exact) mass is 236 g/mol. The molecule has 1 saturated heterocycles. The van der Waals surface area contributed by atoms with Crippen molar-refractivity contribution in [2.75, 3.05) is 0 Å². The number of ether oxygens (including phenoxy) is 1. The van der Waals surface area contributed by atoms with Crippen LogP contribution in [0.25, 0.3) is 0 Å². The highest BCUT2D eigenvalue weighted by Gasteiger charge is 2.19. The molecule has 0 saturated carbocycles. The largest absolute Gasteiger partial charge is 0.393 e. The van der Waals surface area contributed by atoms with Crippen LogP contribution in [-0.4, -0.2) is 11.9 Å². The highest BCUT2D eigenvalue weighted by molar-refractivity contribution is 5.92. The van der Waals surface area contributed by atoms with Crippen LogP contribution in [-0.2, 0) is 14.3 Å². The Hall–Kier alpha value is -1.64. The van der Waals surface area contributed by atoms with Crippen LogP contribution in [0.1, 0.15) is 39.5 Å². The van der Waals surface area contributed by atoms with Crippen LogP contribution in [0.5, 0.6) is 0 Å². The Bertz CT molecular complexity index is 264. The van der Waals surface area contributed by atoms with Crippen LogP contribution in [0.15, 0.2) is 36.4 Å². The van der Waals surface area contributed by atoms with Crippen molar-refractivity contribution < 1.29 is 14.3 Å². The van der Waals surface area contributed by atoms with Crippen molar-refractivity contribution in [3.05, 3.63) is 36.4 Å². The predicted molar refractivity (Wildman–Crippen MR) is 67.4 cm³/mol. The van der Waals surface area contributed by atoms with Gasteiger partial charge in [-0.3, -0.25) is 9.59 Å². The van der Waals surface area contributed by atoms with E-state index in [-0.39, 0.29) is 12.8 Å². The maximum atomic E-state index is 10.0. The van der Waals surface area contributed by atoms with Crippen LogP contribution in [0.2, 0.25) is 0 Å². The van der Waals surface area contributed by atoms with Crippen molar-refractivity contribution in [2.45, 2.75) is 39.5 Å². The van der Waals surface area contributed by atoms with Gasteiger partial charge in [0, 0.05) is 0 Å². The molecule has 1 fully saturated rings. The number of hydrogen-bond acceptors (Lipinski definition) is 3. The fourth-order valence-corrected chi connectivity index (χ4v) is 0.818. The molecular formula is C14H20O3. The van der Waals surface area contributed by atoms with Gasteiger partial charge in [-0.15, -0.1) is 0 Å². The summed E-state index contributed by atoms with van der Waals surface area (Å²) < 4.78 is 4.08. The number of carbonyl (C=O) groups is 2. The Labute approximate surface area is 103 Å². The number of carbonyl (C=O) groups excluding carboxylic acids is 2. The van der Waals surface area contributed by atoms with Crippen molar-refractivity contribution >= 4 is 11.9 Å². The summed E-state index contributed by atoms with van der Waals surface area (Å²) in [6.07, 6.45) is 3.16. The van der Waals surface area contributed by atoms with Gasteiger partial charge in [-0.2, -0.15) is 0 Å². The van der Waals surface area contributed by atoms with Crippen molar-refractivity contribution in [1.29, 1.82) is 0 Å². The molecule has 0 aliphatic carbocycles. The molecule has 1 heterocycles. The molecular weight excluding hydrogens is 216 g/mol. The molecule has 17 heavy (non-hydrogen) atoms. The summed E-state index contributed by atoms with van der Waals surface area (Å²) in [6.45, 7) is 4.36. The van der Waals surface area contributed by atoms with E-state index in [0.29, 0.717) is 0 Å². The van der Waals surface area contributed by atoms with Gasteiger partial charge in [-0.05, 0) is 0 Å². The van der Waals surface area contributed by atoms with E-state index < -0.39 is 11.9 Å². The van der Waals surface area contributed by atoms with E-state index in [2.05, 4.69) is 18.6 Å². The molecule has 94 valence electrons. The SMILES string of the molecule is CCCC.O=C1CCC(=O)O1.c1ccccc1. The first-order valence-electron chi connectivity index (χ1n) is 5.94. The van der Waals surface area contributed by atoms with Gasteiger partial charge in [-0.25, -0.2) is 0 Å². The third-order valence-corrected chi connectivity index (χ3v) is 1.93. The summed E-state index contributed by atoms with van der Waals surface area (Å²) in [4.78, 5) is 20.0. The number of cyclic esters (lactones) is 2. The number of hydrogen-bond donors (Lipinski definition) is 0. The summed E-state index contributed by atoms with van der Waals surface area (Å²) >= 11 is 0. The number of benzene rings is 1. The van der Waals surface area contributed by atoms with Gasteiger partial charge in [0.15, 0.2) is 0 Å². The first kappa shape index (κ1) is 15.4. The normalized spacial score (nSPS) is 12.8. The summed E-state index contributed by atoms with van der Waals surface area (Å²) in [5, 5.41) is 0. The van der Waals surface area contributed by atoms with Gasteiger partial charge in [0.2, 0.25) is 0 Å². The second-order valence-corrected chi connectivity index (χ2v) is 3.50. The average molecular weight is 236 g/mol. The molecule has 0 amide bonds. The molecule has 0 unspecified atom stereocenters. The lowest BCUT2D eigenvalue weighted by Crippen LogP contribution is -1.94. The van der Waals surface area contributed by atoms with Crippen molar-refractivity contribution in [2.24, 2.45) is 0 Å². The molecule has 3 nitrogen and oxygen atoms in total. The Morgan fingerprint density at radius 3 is 1.24 bits per heavy atom. The Kier molecular flexibility index (Phi) is 9.82. The van der Waals surface area contributed by atoms with E-state index in [1.165, 1.54) is 12.8 Å². The maximum Gasteiger partial charge on any atom is 0.314 e. The van der Waals surface area contributed by atoms with Gasteiger partial charge in [0.1, 0.15) is 0 Å². The zero-order valence-electron chi connectivity index (χ0n) is 10.5. The van der Waals surface area contributed by atoms with Crippen LogP contribution >= 0.6 is 0 Å². The Morgan fingerprint density at radius 1 is 0.824 bits per heavy atom. The van der Waals surface area contributed by atoms with Crippen molar-refractivity contribution in [3.63, 3.8) is 0 Å². The quantitative estimate of drug-likeness (QED) is 0.555. The molecule has 0 radical (unpaired) electrons. The fraction of sp³-hybridized carbons (Fsp3) is 0.429. The zero-order chi connectivity index (χ0) is 12.9. The minimum Gasteiger partial charge on any atom is -0.393 e. The van der Waals surface area contributed by atoms with E-state index >= 15 is 0 Å². The molecule has 3 heteroatoms. The first-order chi connectivity index (χ1) is 8.20. The second-order valence-electron chi connectivity index (χ2n) is 3.50. The molecule has 0 aromatic heterocycles. The molecule has 0 atom stereocenters.